The highest BCUT2D eigenvalue weighted by Crippen LogP contribution is 2.24. The summed E-state index contributed by atoms with van der Waals surface area (Å²) in [6, 6.07) is 4.44. The van der Waals surface area contributed by atoms with Crippen molar-refractivity contribution in [1.82, 2.24) is 25.2 Å². The second-order valence-electron chi connectivity index (χ2n) is 7.97. The Hall–Kier alpha value is -2.74. The van der Waals surface area contributed by atoms with Gasteiger partial charge >= 0.3 is 0 Å². The van der Waals surface area contributed by atoms with Crippen LogP contribution in [0, 0.1) is 13.8 Å². The molecule has 2 aromatic rings. The summed E-state index contributed by atoms with van der Waals surface area (Å²) in [4.78, 5) is 31.6. The molecule has 0 aliphatic carbocycles. The van der Waals surface area contributed by atoms with E-state index in [9.17, 15) is 4.79 Å². The number of aromatic nitrogens is 3. The third kappa shape index (κ3) is 4.64. The zero-order chi connectivity index (χ0) is 21.1. The van der Waals surface area contributed by atoms with Crippen LogP contribution in [0.15, 0.2) is 18.3 Å². The van der Waals surface area contributed by atoms with Gasteiger partial charge in [-0.25, -0.2) is 15.0 Å². The molecule has 3 heterocycles. The highest BCUT2D eigenvalue weighted by molar-refractivity contribution is 5.90. The van der Waals surface area contributed by atoms with Crippen LogP contribution in [0.3, 0.4) is 0 Å². The van der Waals surface area contributed by atoms with Crippen LogP contribution in [0.25, 0.3) is 0 Å². The summed E-state index contributed by atoms with van der Waals surface area (Å²) in [5, 5.41) is 3.66. The monoisotopic (exact) mass is 397 g/mol. The molecule has 1 atom stereocenters. The lowest BCUT2D eigenvalue weighted by molar-refractivity contribution is 0.0815. The minimum absolute atomic E-state index is 0.170. The van der Waals surface area contributed by atoms with Crippen molar-refractivity contribution < 1.29 is 4.79 Å². The fourth-order valence-corrected chi connectivity index (χ4v) is 3.56. The highest BCUT2D eigenvalue weighted by atomic mass is 16.2. The standard InChI is InChI=1S/C21H31N7O/c1-14-15(2)24-18(21(29)27(5)6)25-19(14)28-11-9-17(13-28)23-12-16-8-7-10-22-20(16)26(3)4/h7-8,10,17,23H,9,11-13H2,1-6H3/t17-/m1/s1. The molecule has 1 amide bonds. The second-order valence-corrected chi connectivity index (χ2v) is 7.97. The molecule has 0 saturated carbocycles. The Morgan fingerprint density at radius 1 is 1.24 bits per heavy atom. The van der Waals surface area contributed by atoms with Crippen molar-refractivity contribution >= 4 is 17.5 Å². The molecule has 1 fully saturated rings. The maximum atomic E-state index is 12.3. The molecule has 29 heavy (non-hydrogen) atoms. The van der Waals surface area contributed by atoms with Gasteiger partial charge in [-0.05, 0) is 26.3 Å². The normalized spacial score (nSPS) is 16.2. The molecular formula is C21H31N7O. The smallest absolute Gasteiger partial charge is 0.291 e. The summed E-state index contributed by atoms with van der Waals surface area (Å²) < 4.78 is 0. The first kappa shape index (κ1) is 21.0. The zero-order valence-corrected chi connectivity index (χ0v) is 18.2. The maximum Gasteiger partial charge on any atom is 0.291 e. The summed E-state index contributed by atoms with van der Waals surface area (Å²) in [6.45, 7) is 6.48. The van der Waals surface area contributed by atoms with Gasteiger partial charge in [-0.1, -0.05) is 6.07 Å². The van der Waals surface area contributed by atoms with Gasteiger partial charge in [-0.15, -0.1) is 0 Å². The number of carbonyl (C=O) groups is 1. The molecular weight excluding hydrogens is 366 g/mol. The van der Waals surface area contributed by atoms with E-state index in [0.29, 0.717) is 6.04 Å². The van der Waals surface area contributed by atoms with Gasteiger partial charge in [0.25, 0.3) is 5.91 Å². The molecule has 1 aliphatic rings. The number of pyridine rings is 1. The predicted molar refractivity (Wildman–Crippen MR) is 116 cm³/mol. The summed E-state index contributed by atoms with van der Waals surface area (Å²) in [5.41, 5.74) is 3.06. The molecule has 1 aliphatic heterocycles. The number of nitrogens with zero attached hydrogens (tertiary/aromatic N) is 6. The fourth-order valence-electron chi connectivity index (χ4n) is 3.56. The molecule has 0 spiro atoms. The van der Waals surface area contributed by atoms with Crippen LogP contribution in [0.2, 0.25) is 0 Å². The average Bonchev–Trinajstić information content (AvgIpc) is 3.16. The van der Waals surface area contributed by atoms with Crippen LogP contribution in [0.1, 0.15) is 33.9 Å². The Morgan fingerprint density at radius 3 is 2.69 bits per heavy atom. The number of aryl methyl sites for hydroxylation is 1. The summed E-state index contributed by atoms with van der Waals surface area (Å²) >= 11 is 0. The molecule has 0 bridgehead atoms. The van der Waals surface area contributed by atoms with Crippen molar-refractivity contribution in [2.75, 3.05) is 51.1 Å². The minimum atomic E-state index is -0.170. The van der Waals surface area contributed by atoms with E-state index < -0.39 is 0 Å². The lowest BCUT2D eigenvalue weighted by Crippen LogP contribution is -2.33. The molecule has 0 unspecified atom stereocenters. The largest absolute Gasteiger partial charge is 0.362 e. The van der Waals surface area contributed by atoms with E-state index in [0.717, 1.165) is 48.9 Å². The summed E-state index contributed by atoms with van der Waals surface area (Å²) in [7, 11) is 7.46. The molecule has 0 aromatic carbocycles. The van der Waals surface area contributed by atoms with Gasteiger partial charge in [0, 0.05) is 76.9 Å². The van der Waals surface area contributed by atoms with E-state index in [-0.39, 0.29) is 11.7 Å². The Labute approximate surface area is 173 Å². The van der Waals surface area contributed by atoms with Crippen molar-refractivity contribution in [2.24, 2.45) is 0 Å². The predicted octanol–water partition coefficient (Wildman–Crippen LogP) is 1.62. The third-order valence-electron chi connectivity index (χ3n) is 5.32. The van der Waals surface area contributed by atoms with E-state index >= 15 is 0 Å². The lowest BCUT2D eigenvalue weighted by atomic mass is 10.2. The number of hydrogen-bond acceptors (Lipinski definition) is 7. The van der Waals surface area contributed by atoms with Gasteiger partial charge in [0.2, 0.25) is 5.82 Å². The summed E-state index contributed by atoms with van der Waals surface area (Å²) in [5.74, 6) is 1.94. The van der Waals surface area contributed by atoms with Gasteiger partial charge in [0.15, 0.2) is 0 Å². The van der Waals surface area contributed by atoms with Crippen molar-refractivity contribution in [3.05, 3.63) is 41.0 Å². The van der Waals surface area contributed by atoms with Crippen LogP contribution < -0.4 is 15.1 Å². The Morgan fingerprint density at radius 2 is 2.00 bits per heavy atom. The highest BCUT2D eigenvalue weighted by Gasteiger charge is 2.27. The molecule has 156 valence electrons. The Kier molecular flexibility index (Phi) is 6.32. The first-order chi connectivity index (χ1) is 13.8. The molecule has 3 rings (SSSR count). The minimum Gasteiger partial charge on any atom is -0.362 e. The van der Waals surface area contributed by atoms with Crippen LogP contribution in [-0.4, -0.2) is 73.1 Å². The topological polar surface area (TPSA) is 77.5 Å². The average molecular weight is 398 g/mol. The SMILES string of the molecule is Cc1nc(C(=O)N(C)C)nc(N2CC[C@@H](NCc3cccnc3N(C)C)C2)c1C. The Balaban J connectivity index is 1.71. The molecule has 2 aromatic heterocycles. The number of anilines is 2. The number of hydrogen-bond donors (Lipinski definition) is 1. The third-order valence-corrected chi connectivity index (χ3v) is 5.32. The number of carbonyl (C=O) groups excluding carboxylic acids is 1. The van der Waals surface area contributed by atoms with Crippen molar-refractivity contribution in [2.45, 2.75) is 32.9 Å². The molecule has 1 N–H and O–H groups in total. The number of nitrogens with one attached hydrogen (secondary N) is 1. The maximum absolute atomic E-state index is 12.3. The molecule has 8 heteroatoms. The van der Waals surface area contributed by atoms with Crippen molar-refractivity contribution in [1.29, 1.82) is 0 Å². The van der Waals surface area contributed by atoms with Gasteiger partial charge in [0.1, 0.15) is 11.6 Å². The molecule has 0 radical (unpaired) electrons. The molecule has 1 saturated heterocycles. The van der Waals surface area contributed by atoms with E-state index in [1.165, 1.54) is 10.5 Å². The van der Waals surface area contributed by atoms with Gasteiger partial charge in [0.05, 0.1) is 0 Å². The van der Waals surface area contributed by atoms with E-state index in [4.69, 9.17) is 0 Å². The lowest BCUT2D eigenvalue weighted by Gasteiger charge is -2.22. The van der Waals surface area contributed by atoms with Gasteiger partial charge < -0.3 is 20.0 Å². The van der Waals surface area contributed by atoms with Gasteiger partial charge in [-0.2, -0.15) is 0 Å². The fraction of sp³-hybridized carbons (Fsp3) is 0.524. The van der Waals surface area contributed by atoms with Crippen LogP contribution in [0.4, 0.5) is 11.6 Å². The molecule has 8 nitrogen and oxygen atoms in total. The van der Waals surface area contributed by atoms with E-state index in [1.54, 1.807) is 14.1 Å². The quantitative estimate of drug-likeness (QED) is 0.794. The zero-order valence-electron chi connectivity index (χ0n) is 18.2. The first-order valence-corrected chi connectivity index (χ1v) is 9.94. The van der Waals surface area contributed by atoms with Crippen molar-refractivity contribution in [3.63, 3.8) is 0 Å². The number of rotatable bonds is 6. The van der Waals surface area contributed by atoms with Crippen LogP contribution in [-0.2, 0) is 6.54 Å². The van der Waals surface area contributed by atoms with E-state index in [2.05, 4.69) is 31.2 Å². The summed E-state index contributed by atoms with van der Waals surface area (Å²) in [6.07, 6.45) is 2.85. The number of amides is 1. The van der Waals surface area contributed by atoms with E-state index in [1.807, 2.05) is 45.1 Å². The van der Waals surface area contributed by atoms with Gasteiger partial charge in [-0.3, -0.25) is 4.79 Å². The van der Waals surface area contributed by atoms with Crippen LogP contribution in [0.5, 0.6) is 0 Å². The van der Waals surface area contributed by atoms with Crippen LogP contribution >= 0.6 is 0 Å². The second kappa shape index (κ2) is 8.73. The Bertz CT molecular complexity index is 881. The van der Waals surface area contributed by atoms with Crippen molar-refractivity contribution in [3.8, 4) is 0 Å². The first-order valence-electron chi connectivity index (χ1n) is 9.94.